The van der Waals surface area contributed by atoms with Gasteiger partial charge in [0.25, 0.3) is 0 Å². The second-order valence-corrected chi connectivity index (χ2v) is 6.36. The Bertz CT molecular complexity index is 235. The van der Waals surface area contributed by atoms with Crippen LogP contribution in [-0.4, -0.2) is 34.2 Å². The van der Waals surface area contributed by atoms with Crippen LogP contribution in [0.1, 0.15) is 52.4 Å². The van der Waals surface area contributed by atoms with Crippen molar-refractivity contribution in [2.24, 2.45) is 0 Å². The van der Waals surface area contributed by atoms with Crippen LogP contribution in [0.3, 0.4) is 0 Å². The molecule has 3 unspecified atom stereocenters. The minimum Gasteiger partial charge on any atom is -0.480 e. The molecule has 4 heteroatoms. The standard InChI is InChI=1S/C13H25NO2S/c1-3-5-6-12(13(15)16)14-10-7-8-11(9-10)17-4-2/h10-12,14H,3-9H2,1-2H3,(H,15,16). The maximum Gasteiger partial charge on any atom is 0.320 e. The van der Waals surface area contributed by atoms with Gasteiger partial charge in [-0.2, -0.15) is 11.8 Å². The number of carboxylic acid groups (broad SMARTS) is 1. The SMILES string of the molecule is CCCCC(NC1CCC(SCC)C1)C(=O)O. The van der Waals surface area contributed by atoms with Crippen molar-refractivity contribution < 1.29 is 9.90 Å². The van der Waals surface area contributed by atoms with E-state index < -0.39 is 5.97 Å². The van der Waals surface area contributed by atoms with E-state index in [2.05, 4.69) is 19.2 Å². The summed E-state index contributed by atoms with van der Waals surface area (Å²) in [7, 11) is 0. The first-order chi connectivity index (χ1) is 8.17. The summed E-state index contributed by atoms with van der Waals surface area (Å²) < 4.78 is 0. The topological polar surface area (TPSA) is 49.3 Å². The lowest BCUT2D eigenvalue weighted by Gasteiger charge is -2.19. The van der Waals surface area contributed by atoms with Gasteiger partial charge in [0.2, 0.25) is 0 Å². The zero-order chi connectivity index (χ0) is 12.7. The molecular formula is C13H25NO2S. The molecule has 0 heterocycles. The molecule has 0 radical (unpaired) electrons. The molecule has 1 aliphatic rings. The fraction of sp³-hybridized carbons (Fsp3) is 0.923. The minimum atomic E-state index is -0.690. The van der Waals surface area contributed by atoms with Gasteiger partial charge in [-0.05, 0) is 31.4 Å². The summed E-state index contributed by atoms with van der Waals surface area (Å²) in [4.78, 5) is 11.1. The van der Waals surface area contributed by atoms with E-state index in [0.717, 1.165) is 43.1 Å². The third kappa shape index (κ3) is 5.30. The summed E-state index contributed by atoms with van der Waals surface area (Å²) in [5.74, 6) is 0.473. The van der Waals surface area contributed by atoms with Crippen molar-refractivity contribution >= 4 is 17.7 Å². The van der Waals surface area contributed by atoms with Crippen LogP contribution in [0.4, 0.5) is 0 Å². The molecular weight excluding hydrogens is 234 g/mol. The second kappa shape index (κ2) is 7.98. The van der Waals surface area contributed by atoms with Gasteiger partial charge >= 0.3 is 5.97 Å². The highest BCUT2D eigenvalue weighted by atomic mass is 32.2. The average molecular weight is 259 g/mol. The highest BCUT2D eigenvalue weighted by Crippen LogP contribution is 2.30. The molecule has 17 heavy (non-hydrogen) atoms. The predicted octanol–water partition coefficient (Wildman–Crippen LogP) is 2.89. The number of unbranched alkanes of at least 4 members (excludes halogenated alkanes) is 1. The Morgan fingerprint density at radius 1 is 1.47 bits per heavy atom. The summed E-state index contributed by atoms with van der Waals surface area (Å²) in [5.41, 5.74) is 0. The minimum absolute atomic E-state index is 0.342. The van der Waals surface area contributed by atoms with Crippen molar-refractivity contribution in [2.75, 3.05) is 5.75 Å². The number of hydrogen-bond donors (Lipinski definition) is 2. The second-order valence-electron chi connectivity index (χ2n) is 4.79. The summed E-state index contributed by atoms with van der Waals surface area (Å²) >= 11 is 2.01. The number of carbonyl (C=O) groups is 1. The van der Waals surface area contributed by atoms with Crippen LogP contribution in [0, 0.1) is 0 Å². The molecule has 2 N–H and O–H groups in total. The number of thioether (sulfide) groups is 1. The molecule has 0 bridgehead atoms. The lowest BCUT2D eigenvalue weighted by atomic mass is 10.1. The van der Waals surface area contributed by atoms with E-state index in [1.807, 2.05) is 11.8 Å². The summed E-state index contributed by atoms with van der Waals surface area (Å²) in [6.07, 6.45) is 6.31. The van der Waals surface area contributed by atoms with Crippen LogP contribution in [0.5, 0.6) is 0 Å². The predicted molar refractivity (Wildman–Crippen MR) is 73.6 cm³/mol. The van der Waals surface area contributed by atoms with Gasteiger partial charge in [-0.15, -0.1) is 0 Å². The van der Waals surface area contributed by atoms with E-state index in [9.17, 15) is 4.79 Å². The van der Waals surface area contributed by atoms with Gasteiger partial charge in [0.1, 0.15) is 6.04 Å². The van der Waals surface area contributed by atoms with Crippen molar-refractivity contribution in [3.05, 3.63) is 0 Å². The monoisotopic (exact) mass is 259 g/mol. The molecule has 3 atom stereocenters. The Labute approximate surface area is 109 Å². The van der Waals surface area contributed by atoms with E-state index in [0.29, 0.717) is 6.04 Å². The van der Waals surface area contributed by atoms with Gasteiger partial charge in [-0.1, -0.05) is 26.7 Å². The maximum absolute atomic E-state index is 11.1. The Morgan fingerprint density at radius 3 is 2.82 bits per heavy atom. The van der Waals surface area contributed by atoms with Gasteiger partial charge in [-0.3, -0.25) is 4.79 Å². The van der Waals surface area contributed by atoms with Gasteiger partial charge in [0, 0.05) is 11.3 Å². The van der Waals surface area contributed by atoms with Gasteiger partial charge < -0.3 is 10.4 Å². The van der Waals surface area contributed by atoms with Crippen molar-refractivity contribution in [3.8, 4) is 0 Å². The van der Waals surface area contributed by atoms with Crippen LogP contribution in [0.2, 0.25) is 0 Å². The molecule has 1 rings (SSSR count). The van der Waals surface area contributed by atoms with Crippen molar-refractivity contribution in [3.63, 3.8) is 0 Å². The number of nitrogens with one attached hydrogen (secondary N) is 1. The Morgan fingerprint density at radius 2 is 2.24 bits per heavy atom. The number of rotatable bonds is 8. The van der Waals surface area contributed by atoms with Gasteiger partial charge in [0.15, 0.2) is 0 Å². The van der Waals surface area contributed by atoms with Crippen LogP contribution in [-0.2, 0) is 4.79 Å². The lowest BCUT2D eigenvalue weighted by Crippen LogP contribution is -2.42. The van der Waals surface area contributed by atoms with Gasteiger partial charge in [0.05, 0.1) is 0 Å². The van der Waals surface area contributed by atoms with E-state index in [1.54, 1.807) is 0 Å². The molecule has 1 fully saturated rings. The quantitative estimate of drug-likeness (QED) is 0.703. The molecule has 0 saturated heterocycles. The third-order valence-corrected chi connectivity index (χ3v) is 4.60. The summed E-state index contributed by atoms with van der Waals surface area (Å²) in [6, 6.07) is 0.0716. The number of aliphatic carboxylic acids is 1. The summed E-state index contributed by atoms with van der Waals surface area (Å²) in [5, 5.41) is 13.2. The highest BCUT2D eigenvalue weighted by molar-refractivity contribution is 7.99. The zero-order valence-corrected chi connectivity index (χ0v) is 11.8. The van der Waals surface area contributed by atoms with Crippen LogP contribution < -0.4 is 5.32 Å². The highest BCUT2D eigenvalue weighted by Gasteiger charge is 2.28. The van der Waals surface area contributed by atoms with Crippen LogP contribution >= 0.6 is 11.8 Å². The summed E-state index contributed by atoms with van der Waals surface area (Å²) in [6.45, 7) is 4.29. The number of hydrogen-bond acceptors (Lipinski definition) is 3. The molecule has 0 aromatic carbocycles. The third-order valence-electron chi connectivity index (χ3n) is 3.37. The first-order valence-electron chi connectivity index (χ1n) is 6.77. The Balaban J connectivity index is 2.32. The van der Waals surface area contributed by atoms with Crippen molar-refractivity contribution in [1.29, 1.82) is 0 Å². The molecule has 3 nitrogen and oxygen atoms in total. The molecule has 0 amide bonds. The fourth-order valence-corrected chi connectivity index (χ4v) is 3.59. The molecule has 0 aromatic heterocycles. The first-order valence-corrected chi connectivity index (χ1v) is 7.82. The Kier molecular flexibility index (Phi) is 6.97. The molecule has 0 aliphatic heterocycles. The van der Waals surface area contributed by atoms with Crippen molar-refractivity contribution in [2.45, 2.75) is 69.7 Å². The smallest absolute Gasteiger partial charge is 0.320 e. The Hall–Kier alpha value is -0.220. The molecule has 0 spiro atoms. The van der Waals surface area contributed by atoms with Gasteiger partial charge in [-0.25, -0.2) is 0 Å². The molecule has 1 aliphatic carbocycles. The molecule has 100 valence electrons. The lowest BCUT2D eigenvalue weighted by molar-refractivity contribution is -0.139. The van der Waals surface area contributed by atoms with Crippen LogP contribution in [0.15, 0.2) is 0 Å². The number of carboxylic acids is 1. The van der Waals surface area contributed by atoms with E-state index in [4.69, 9.17) is 5.11 Å². The van der Waals surface area contributed by atoms with Crippen molar-refractivity contribution in [1.82, 2.24) is 5.32 Å². The van der Waals surface area contributed by atoms with E-state index >= 15 is 0 Å². The fourth-order valence-electron chi connectivity index (χ4n) is 2.45. The first kappa shape index (κ1) is 14.8. The maximum atomic E-state index is 11.1. The largest absolute Gasteiger partial charge is 0.480 e. The normalized spacial score (nSPS) is 26.0. The molecule has 0 aromatic rings. The molecule has 1 saturated carbocycles. The average Bonchev–Trinajstić information content (AvgIpc) is 2.72. The van der Waals surface area contributed by atoms with Crippen LogP contribution in [0.25, 0.3) is 0 Å². The van der Waals surface area contributed by atoms with E-state index in [1.165, 1.54) is 6.42 Å². The zero-order valence-electron chi connectivity index (χ0n) is 10.9. The van der Waals surface area contributed by atoms with E-state index in [-0.39, 0.29) is 6.04 Å².